The molecule has 25 heavy (non-hydrogen) atoms. The summed E-state index contributed by atoms with van der Waals surface area (Å²) in [6.45, 7) is 4.54. The number of rotatable bonds is 4. The van der Waals surface area contributed by atoms with E-state index in [1.54, 1.807) is 0 Å². The largest absolute Gasteiger partial charge is 0.483 e. The van der Waals surface area contributed by atoms with Gasteiger partial charge in [0.15, 0.2) is 11.5 Å². The van der Waals surface area contributed by atoms with Gasteiger partial charge in [-0.2, -0.15) is 0 Å². The van der Waals surface area contributed by atoms with E-state index in [2.05, 4.69) is 22.5 Å². The predicted octanol–water partition coefficient (Wildman–Crippen LogP) is 1.18. The van der Waals surface area contributed by atoms with Gasteiger partial charge in [-0.05, 0) is 26.3 Å². The zero-order valence-corrected chi connectivity index (χ0v) is 14.5. The zero-order valence-electron chi connectivity index (χ0n) is 14.5. The Morgan fingerprint density at radius 1 is 1.44 bits per heavy atom. The molecule has 1 aromatic carbocycles. The highest BCUT2D eigenvalue weighted by Gasteiger charge is 2.32. The molecule has 0 aliphatic carbocycles. The second-order valence-corrected chi connectivity index (χ2v) is 6.80. The first-order valence-corrected chi connectivity index (χ1v) is 8.41. The van der Waals surface area contributed by atoms with Gasteiger partial charge in [0.2, 0.25) is 11.8 Å². The van der Waals surface area contributed by atoms with Crippen LogP contribution in [0.2, 0.25) is 0 Å². The summed E-state index contributed by atoms with van der Waals surface area (Å²) in [4.78, 5) is 22.9. The van der Waals surface area contributed by atoms with Gasteiger partial charge in [-0.25, -0.2) is 0 Å². The first-order valence-electron chi connectivity index (χ1n) is 8.41. The molecule has 2 N–H and O–H groups in total. The van der Waals surface area contributed by atoms with E-state index in [-0.39, 0.29) is 30.6 Å². The molecule has 132 valence electrons. The van der Waals surface area contributed by atoms with Gasteiger partial charge in [-0.3, -0.25) is 9.59 Å². The molecule has 0 bridgehead atoms. The number of carbonyl (C=O) groups excluding carboxylic acids is 2. The summed E-state index contributed by atoms with van der Waals surface area (Å²) in [5.41, 5.74) is 0.925. The van der Waals surface area contributed by atoms with Gasteiger partial charge in [-0.1, -0.05) is 24.0 Å². The number of carbonyl (C=O) groups is 2. The fourth-order valence-corrected chi connectivity index (χ4v) is 2.99. The third kappa shape index (κ3) is 4.24. The van der Waals surface area contributed by atoms with Crippen molar-refractivity contribution >= 4 is 11.8 Å². The Morgan fingerprint density at radius 3 is 3.04 bits per heavy atom. The summed E-state index contributed by atoms with van der Waals surface area (Å²) in [5, 5.41) is 5.31. The number of hydrogen-bond acceptors (Lipinski definition) is 4. The maximum absolute atomic E-state index is 11.8. The number of amides is 2. The fourth-order valence-electron chi connectivity index (χ4n) is 2.99. The van der Waals surface area contributed by atoms with Crippen LogP contribution in [0.25, 0.3) is 0 Å². The van der Waals surface area contributed by atoms with Crippen molar-refractivity contribution in [3.05, 3.63) is 23.8 Å². The van der Waals surface area contributed by atoms with Crippen LogP contribution in [0.1, 0.15) is 32.3 Å². The Kier molecular flexibility index (Phi) is 4.84. The summed E-state index contributed by atoms with van der Waals surface area (Å²) >= 11 is 0. The maximum Gasteiger partial charge on any atom is 0.243 e. The highest BCUT2D eigenvalue weighted by molar-refractivity contribution is 5.90. The maximum atomic E-state index is 11.8. The normalized spacial score (nSPS) is 19.9. The second-order valence-electron chi connectivity index (χ2n) is 6.80. The molecule has 0 saturated carbocycles. The van der Waals surface area contributed by atoms with Crippen LogP contribution in [0.3, 0.4) is 0 Å². The van der Waals surface area contributed by atoms with Crippen molar-refractivity contribution in [1.29, 1.82) is 0 Å². The molecular formula is C19H22N2O4. The average molecular weight is 342 g/mol. The molecule has 2 amide bonds. The van der Waals surface area contributed by atoms with Crippen LogP contribution >= 0.6 is 0 Å². The lowest BCUT2D eigenvalue weighted by molar-refractivity contribution is -0.125. The lowest BCUT2D eigenvalue weighted by atomic mass is 10.0. The predicted molar refractivity (Wildman–Crippen MR) is 92.3 cm³/mol. The van der Waals surface area contributed by atoms with Gasteiger partial charge in [0.25, 0.3) is 0 Å². The van der Waals surface area contributed by atoms with E-state index in [0.717, 1.165) is 17.7 Å². The molecule has 1 fully saturated rings. The molecule has 2 aliphatic heterocycles. The minimum Gasteiger partial charge on any atom is -0.483 e. The summed E-state index contributed by atoms with van der Waals surface area (Å²) in [6.07, 6.45) is 1.80. The highest BCUT2D eigenvalue weighted by Crippen LogP contribution is 2.41. The van der Waals surface area contributed by atoms with Gasteiger partial charge in [0.1, 0.15) is 18.2 Å². The Morgan fingerprint density at radius 2 is 2.28 bits per heavy atom. The van der Waals surface area contributed by atoms with Crippen LogP contribution < -0.4 is 20.1 Å². The molecule has 0 radical (unpaired) electrons. The lowest BCUT2D eigenvalue weighted by Gasteiger charge is -2.17. The molecule has 1 saturated heterocycles. The van der Waals surface area contributed by atoms with E-state index in [9.17, 15) is 9.59 Å². The Bertz CT molecular complexity index is 746. The van der Waals surface area contributed by atoms with Gasteiger partial charge < -0.3 is 20.1 Å². The third-order valence-corrected chi connectivity index (χ3v) is 4.14. The van der Waals surface area contributed by atoms with Gasteiger partial charge in [-0.15, -0.1) is 0 Å². The van der Waals surface area contributed by atoms with Crippen LogP contribution in [0.15, 0.2) is 18.2 Å². The monoisotopic (exact) mass is 342 g/mol. The van der Waals surface area contributed by atoms with Gasteiger partial charge in [0.05, 0.1) is 6.54 Å². The van der Waals surface area contributed by atoms with E-state index in [4.69, 9.17) is 9.47 Å². The quantitative estimate of drug-likeness (QED) is 0.806. The Balaban J connectivity index is 1.44. The van der Waals surface area contributed by atoms with E-state index in [1.165, 1.54) is 0 Å². The van der Waals surface area contributed by atoms with Crippen molar-refractivity contribution in [3.8, 4) is 23.3 Å². The molecule has 1 unspecified atom stereocenters. The lowest BCUT2D eigenvalue weighted by Crippen LogP contribution is -2.41. The summed E-state index contributed by atoms with van der Waals surface area (Å²) in [5.74, 6) is 6.92. The highest BCUT2D eigenvalue weighted by atomic mass is 16.5. The van der Waals surface area contributed by atoms with Gasteiger partial charge in [0, 0.05) is 18.4 Å². The van der Waals surface area contributed by atoms with Crippen molar-refractivity contribution in [1.82, 2.24) is 10.6 Å². The van der Waals surface area contributed by atoms with E-state index < -0.39 is 6.04 Å². The summed E-state index contributed by atoms with van der Waals surface area (Å²) in [7, 11) is 0. The van der Waals surface area contributed by atoms with Crippen molar-refractivity contribution < 1.29 is 19.1 Å². The number of hydrogen-bond donors (Lipinski definition) is 2. The number of para-hydroxylation sites is 1. The average Bonchev–Trinajstić information content (AvgIpc) is 3.12. The number of fused-ring (bicyclic) bond motifs is 1. The SMILES string of the molecule is CC1(C)Cc2cccc(OCC#CCNC(=O)C3CCC(=O)N3)c2O1. The molecule has 0 spiro atoms. The first-order chi connectivity index (χ1) is 11.9. The smallest absolute Gasteiger partial charge is 0.243 e. The standard InChI is InChI=1S/C19H22N2O4/c1-19(2)12-13-6-5-7-15(17(13)25-19)24-11-4-3-10-20-18(23)14-8-9-16(22)21-14/h5-7,14H,8-12H2,1-2H3,(H,20,23)(H,21,22). The second kappa shape index (κ2) is 7.06. The molecule has 0 aromatic heterocycles. The molecule has 6 nitrogen and oxygen atoms in total. The fraction of sp³-hybridized carbons (Fsp3) is 0.474. The molecule has 2 heterocycles. The van der Waals surface area contributed by atoms with Crippen molar-refractivity contribution in [2.24, 2.45) is 0 Å². The van der Waals surface area contributed by atoms with Crippen molar-refractivity contribution in [3.63, 3.8) is 0 Å². The number of nitrogens with one attached hydrogen (secondary N) is 2. The molecule has 2 aliphatic rings. The molecule has 1 aromatic rings. The van der Waals surface area contributed by atoms with Crippen LogP contribution in [-0.4, -0.2) is 36.6 Å². The Hall–Kier alpha value is -2.68. The van der Waals surface area contributed by atoms with Crippen LogP contribution in [-0.2, 0) is 16.0 Å². The Labute approximate surface area is 147 Å². The summed E-state index contributed by atoms with van der Waals surface area (Å²) in [6, 6.07) is 5.42. The van der Waals surface area contributed by atoms with Crippen LogP contribution in [0.5, 0.6) is 11.5 Å². The minimum absolute atomic E-state index is 0.0829. The van der Waals surface area contributed by atoms with E-state index >= 15 is 0 Å². The van der Waals surface area contributed by atoms with E-state index in [1.807, 2.05) is 32.0 Å². The van der Waals surface area contributed by atoms with Gasteiger partial charge >= 0.3 is 0 Å². The zero-order chi connectivity index (χ0) is 17.9. The topological polar surface area (TPSA) is 76.7 Å². The molecule has 1 atom stereocenters. The molecule has 3 rings (SSSR count). The molecular weight excluding hydrogens is 320 g/mol. The number of benzene rings is 1. The molecule has 6 heteroatoms. The van der Waals surface area contributed by atoms with Crippen LogP contribution in [0.4, 0.5) is 0 Å². The van der Waals surface area contributed by atoms with Crippen molar-refractivity contribution in [2.45, 2.75) is 44.8 Å². The van der Waals surface area contributed by atoms with E-state index in [0.29, 0.717) is 18.6 Å². The summed E-state index contributed by atoms with van der Waals surface area (Å²) < 4.78 is 11.6. The number of ether oxygens (including phenoxy) is 2. The third-order valence-electron chi connectivity index (χ3n) is 4.14. The van der Waals surface area contributed by atoms with Crippen LogP contribution in [0, 0.1) is 11.8 Å². The van der Waals surface area contributed by atoms with Crippen molar-refractivity contribution in [2.75, 3.05) is 13.2 Å². The first kappa shape index (κ1) is 17.2. The minimum atomic E-state index is -0.432.